The van der Waals surface area contributed by atoms with Crippen molar-refractivity contribution in [3.05, 3.63) is 59.7 Å². The number of ether oxygens (including phenoxy) is 1. The van der Waals surface area contributed by atoms with Gasteiger partial charge in [0.25, 0.3) is 5.91 Å². The minimum atomic E-state index is -3.58. The lowest BCUT2D eigenvalue weighted by Crippen LogP contribution is -2.38. The van der Waals surface area contributed by atoms with Gasteiger partial charge in [-0.05, 0) is 61.6 Å². The van der Waals surface area contributed by atoms with Crippen LogP contribution in [0.25, 0.3) is 0 Å². The lowest BCUT2D eigenvalue weighted by Gasteiger charge is -2.29. The van der Waals surface area contributed by atoms with Crippen LogP contribution in [-0.4, -0.2) is 50.8 Å². The molecule has 7 nitrogen and oxygen atoms in total. The number of amides is 1. The van der Waals surface area contributed by atoms with E-state index in [1.54, 1.807) is 4.90 Å². The molecule has 0 aromatic heterocycles. The summed E-state index contributed by atoms with van der Waals surface area (Å²) in [5, 5.41) is 0. The van der Waals surface area contributed by atoms with Gasteiger partial charge < -0.3 is 9.64 Å². The molecule has 0 aliphatic carbocycles. The third-order valence-corrected chi connectivity index (χ3v) is 7.94. The van der Waals surface area contributed by atoms with Crippen molar-refractivity contribution < 1.29 is 22.7 Å². The Morgan fingerprint density at radius 1 is 0.844 bits per heavy atom. The SMILES string of the molecule is O=C(OCC(=O)N1CCCc2ccccc21)c1ccc(S(=O)(=O)N2CCCCCC2)cc1. The van der Waals surface area contributed by atoms with Crippen LogP contribution in [0.1, 0.15) is 48.0 Å². The van der Waals surface area contributed by atoms with E-state index in [1.165, 1.54) is 28.6 Å². The van der Waals surface area contributed by atoms with Crippen LogP contribution in [0.2, 0.25) is 0 Å². The van der Waals surface area contributed by atoms with Crippen molar-refractivity contribution in [2.24, 2.45) is 0 Å². The molecule has 2 aliphatic heterocycles. The molecule has 2 aliphatic rings. The van der Waals surface area contributed by atoms with Crippen LogP contribution in [-0.2, 0) is 26.0 Å². The summed E-state index contributed by atoms with van der Waals surface area (Å²) >= 11 is 0. The molecule has 2 aromatic rings. The second-order valence-electron chi connectivity index (χ2n) is 8.20. The van der Waals surface area contributed by atoms with Crippen LogP contribution in [0, 0.1) is 0 Å². The van der Waals surface area contributed by atoms with Crippen LogP contribution in [0.3, 0.4) is 0 Å². The molecule has 0 unspecified atom stereocenters. The number of nitrogens with zero attached hydrogens (tertiary/aromatic N) is 2. The molecular weight excluding hydrogens is 428 g/mol. The van der Waals surface area contributed by atoms with E-state index in [9.17, 15) is 18.0 Å². The molecule has 4 rings (SSSR count). The smallest absolute Gasteiger partial charge is 0.338 e. The Kier molecular flexibility index (Phi) is 6.91. The van der Waals surface area contributed by atoms with Gasteiger partial charge in [0.1, 0.15) is 0 Å². The number of benzene rings is 2. The highest BCUT2D eigenvalue weighted by Crippen LogP contribution is 2.27. The molecule has 32 heavy (non-hydrogen) atoms. The normalized spacial score (nSPS) is 17.3. The Balaban J connectivity index is 1.38. The largest absolute Gasteiger partial charge is 0.452 e. The number of esters is 1. The number of aryl methyl sites for hydroxylation is 1. The van der Waals surface area contributed by atoms with Crippen LogP contribution in [0.4, 0.5) is 5.69 Å². The van der Waals surface area contributed by atoms with E-state index in [1.807, 2.05) is 24.3 Å². The standard InChI is InChI=1S/C24H28N2O5S/c27-23(26-17-7-9-19-8-3-4-10-22(19)26)18-31-24(28)20-11-13-21(14-12-20)32(29,30)25-15-5-1-2-6-16-25/h3-4,8,10-14H,1-2,5-7,9,15-18H2. The number of fused-ring (bicyclic) bond motifs is 1. The molecule has 0 radical (unpaired) electrons. The van der Waals surface area contributed by atoms with Crippen molar-refractivity contribution in [2.45, 2.75) is 43.4 Å². The van der Waals surface area contributed by atoms with E-state index in [-0.39, 0.29) is 23.0 Å². The zero-order chi connectivity index (χ0) is 22.6. The number of carbonyl (C=O) groups is 2. The molecule has 0 bridgehead atoms. The average Bonchev–Trinajstić information content (AvgIpc) is 3.12. The lowest BCUT2D eigenvalue weighted by atomic mass is 10.0. The molecule has 0 spiro atoms. The summed E-state index contributed by atoms with van der Waals surface area (Å²) in [6.07, 6.45) is 5.59. The van der Waals surface area contributed by atoms with E-state index in [0.717, 1.165) is 49.8 Å². The summed E-state index contributed by atoms with van der Waals surface area (Å²) in [6, 6.07) is 13.5. The zero-order valence-corrected chi connectivity index (χ0v) is 18.9. The van der Waals surface area contributed by atoms with Gasteiger partial charge in [0.15, 0.2) is 6.61 Å². The van der Waals surface area contributed by atoms with Crippen molar-refractivity contribution in [1.29, 1.82) is 0 Å². The van der Waals surface area contributed by atoms with Gasteiger partial charge in [-0.15, -0.1) is 0 Å². The molecule has 8 heteroatoms. The van der Waals surface area contributed by atoms with Crippen molar-refractivity contribution in [3.63, 3.8) is 0 Å². The fraction of sp³-hybridized carbons (Fsp3) is 0.417. The number of carbonyl (C=O) groups excluding carboxylic acids is 2. The van der Waals surface area contributed by atoms with Crippen molar-refractivity contribution in [2.75, 3.05) is 31.1 Å². The van der Waals surface area contributed by atoms with Gasteiger partial charge in [-0.3, -0.25) is 4.79 Å². The second kappa shape index (κ2) is 9.83. The van der Waals surface area contributed by atoms with E-state index in [2.05, 4.69) is 0 Å². The summed E-state index contributed by atoms with van der Waals surface area (Å²) in [4.78, 5) is 26.9. The first-order valence-corrected chi connectivity index (χ1v) is 12.6. The highest BCUT2D eigenvalue weighted by atomic mass is 32.2. The minimum Gasteiger partial charge on any atom is -0.452 e. The topological polar surface area (TPSA) is 84.0 Å². The summed E-state index contributed by atoms with van der Waals surface area (Å²) in [7, 11) is -3.58. The highest BCUT2D eigenvalue weighted by Gasteiger charge is 2.26. The minimum absolute atomic E-state index is 0.164. The van der Waals surface area contributed by atoms with Gasteiger partial charge in [0, 0.05) is 25.3 Å². The van der Waals surface area contributed by atoms with E-state index in [4.69, 9.17) is 4.74 Å². The Labute approximate surface area is 189 Å². The van der Waals surface area contributed by atoms with Crippen LogP contribution in [0.15, 0.2) is 53.4 Å². The van der Waals surface area contributed by atoms with E-state index >= 15 is 0 Å². The van der Waals surface area contributed by atoms with Crippen molar-refractivity contribution in [1.82, 2.24) is 4.31 Å². The van der Waals surface area contributed by atoms with Crippen molar-refractivity contribution >= 4 is 27.6 Å². The summed E-state index contributed by atoms with van der Waals surface area (Å²) in [5.41, 5.74) is 2.19. The molecular formula is C24H28N2O5S. The monoisotopic (exact) mass is 456 g/mol. The number of anilines is 1. The van der Waals surface area contributed by atoms with Crippen molar-refractivity contribution in [3.8, 4) is 0 Å². The van der Waals surface area contributed by atoms with Gasteiger partial charge in [-0.1, -0.05) is 31.0 Å². The summed E-state index contributed by atoms with van der Waals surface area (Å²) in [5.74, 6) is -0.923. The van der Waals surface area contributed by atoms with Gasteiger partial charge in [-0.25, -0.2) is 13.2 Å². The lowest BCUT2D eigenvalue weighted by molar-refractivity contribution is -0.121. The predicted molar refractivity (Wildman–Crippen MR) is 121 cm³/mol. The first-order chi connectivity index (χ1) is 15.5. The Bertz CT molecular complexity index is 1070. The molecule has 1 saturated heterocycles. The maximum absolute atomic E-state index is 12.9. The second-order valence-corrected chi connectivity index (χ2v) is 10.1. The number of rotatable bonds is 5. The average molecular weight is 457 g/mol. The third-order valence-electron chi connectivity index (χ3n) is 6.03. The number of para-hydroxylation sites is 1. The van der Waals surface area contributed by atoms with E-state index < -0.39 is 16.0 Å². The summed E-state index contributed by atoms with van der Waals surface area (Å²) in [6.45, 7) is 1.28. The maximum atomic E-state index is 12.9. The third kappa shape index (κ3) is 4.86. The molecule has 1 amide bonds. The number of hydrogen-bond acceptors (Lipinski definition) is 5. The molecule has 1 fully saturated rings. The molecule has 2 aromatic carbocycles. The van der Waals surface area contributed by atoms with E-state index in [0.29, 0.717) is 19.6 Å². The first-order valence-electron chi connectivity index (χ1n) is 11.1. The van der Waals surface area contributed by atoms with Gasteiger partial charge in [-0.2, -0.15) is 4.31 Å². The van der Waals surface area contributed by atoms with Crippen LogP contribution in [0.5, 0.6) is 0 Å². The molecule has 0 saturated carbocycles. The van der Waals surface area contributed by atoms with Crippen LogP contribution >= 0.6 is 0 Å². The van der Waals surface area contributed by atoms with Gasteiger partial charge >= 0.3 is 5.97 Å². The molecule has 0 atom stereocenters. The first kappa shape index (κ1) is 22.5. The Morgan fingerprint density at radius 3 is 2.25 bits per heavy atom. The summed E-state index contributed by atoms with van der Waals surface area (Å²) < 4.78 is 32.5. The Morgan fingerprint density at radius 2 is 1.53 bits per heavy atom. The van der Waals surface area contributed by atoms with Gasteiger partial charge in [0.2, 0.25) is 10.0 Å². The fourth-order valence-electron chi connectivity index (χ4n) is 4.28. The predicted octanol–water partition coefficient (Wildman–Crippen LogP) is 3.39. The Hall–Kier alpha value is -2.71. The molecule has 2 heterocycles. The number of sulfonamides is 1. The van der Waals surface area contributed by atoms with Crippen LogP contribution < -0.4 is 4.90 Å². The quantitative estimate of drug-likeness (QED) is 0.644. The fourth-order valence-corrected chi connectivity index (χ4v) is 5.79. The van der Waals surface area contributed by atoms with Gasteiger partial charge in [0.05, 0.1) is 10.5 Å². The highest BCUT2D eigenvalue weighted by molar-refractivity contribution is 7.89. The zero-order valence-electron chi connectivity index (χ0n) is 18.0. The maximum Gasteiger partial charge on any atom is 0.338 e. The molecule has 170 valence electrons. The number of hydrogen-bond donors (Lipinski definition) is 0. The molecule has 0 N–H and O–H groups in total.